The fraction of sp³-hybridized carbons (Fsp3) is 0.500. The topological polar surface area (TPSA) is 96.0 Å². The maximum absolute atomic E-state index is 13.5. The average molecular weight is 532 g/mol. The third-order valence-corrected chi connectivity index (χ3v) is 7.36. The van der Waals surface area contributed by atoms with E-state index in [-0.39, 0.29) is 30.8 Å². The van der Waals surface area contributed by atoms with Gasteiger partial charge in [0.05, 0.1) is 18.6 Å². The lowest BCUT2D eigenvalue weighted by Gasteiger charge is -2.32. The van der Waals surface area contributed by atoms with Crippen molar-refractivity contribution in [2.75, 3.05) is 23.7 Å². The zero-order valence-electron chi connectivity index (χ0n) is 22.6. The van der Waals surface area contributed by atoms with Crippen LogP contribution in [-0.4, -0.2) is 56.6 Å². The molecule has 0 fully saturated rings. The van der Waals surface area contributed by atoms with Gasteiger partial charge in [-0.1, -0.05) is 44.2 Å². The summed E-state index contributed by atoms with van der Waals surface area (Å²) < 4.78 is 31.8. The van der Waals surface area contributed by atoms with Gasteiger partial charge in [0, 0.05) is 25.6 Å². The summed E-state index contributed by atoms with van der Waals surface area (Å²) in [5.74, 6) is 0.302. The molecule has 9 heteroatoms. The number of carbonyl (C=O) groups is 2. The minimum Gasteiger partial charge on any atom is -0.494 e. The normalized spacial score (nSPS) is 12.9. The summed E-state index contributed by atoms with van der Waals surface area (Å²) in [4.78, 5) is 28.1. The lowest BCUT2D eigenvalue weighted by molar-refractivity contribution is -0.141. The summed E-state index contributed by atoms with van der Waals surface area (Å²) in [7, 11) is -3.56. The third-order valence-electron chi connectivity index (χ3n) is 6.17. The molecule has 204 valence electrons. The van der Waals surface area contributed by atoms with Gasteiger partial charge in [0.15, 0.2) is 0 Å². The van der Waals surface area contributed by atoms with Crippen LogP contribution in [0.3, 0.4) is 0 Å². The second kappa shape index (κ2) is 14.6. The van der Waals surface area contributed by atoms with Crippen LogP contribution in [0.15, 0.2) is 54.6 Å². The van der Waals surface area contributed by atoms with E-state index in [1.807, 2.05) is 58.0 Å². The minimum absolute atomic E-state index is 0.00709. The van der Waals surface area contributed by atoms with Gasteiger partial charge in [-0.25, -0.2) is 8.42 Å². The van der Waals surface area contributed by atoms with Crippen molar-refractivity contribution in [3.63, 3.8) is 0 Å². The molecule has 2 atom stereocenters. The summed E-state index contributed by atoms with van der Waals surface area (Å²) in [6.07, 6.45) is 2.85. The Hall–Kier alpha value is -3.07. The first-order chi connectivity index (χ1) is 17.6. The lowest BCUT2D eigenvalue weighted by Crippen LogP contribution is -2.50. The fourth-order valence-electron chi connectivity index (χ4n) is 4.02. The molecule has 0 aliphatic carbocycles. The van der Waals surface area contributed by atoms with Gasteiger partial charge in [-0.05, 0) is 62.9 Å². The van der Waals surface area contributed by atoms with E-state index in [0.29, 0.717) is 37.4 Å². The summed E-state index contributed by atoms with van der Waals surface area (Å²) >= 11 is 0. The van der Waals surface area contributed by atoms with E-state index in [1.54, 1.807) is 29.2 Å². The summed E-state index contributed by atoms with van der Waals surface area (Å²) in [5.41, 5.74) is 1.44. The number of ether oxygens (including phenoxy) is 1. The molecule has 2 aromatic carbocycles. The molecular formula is C28H41N3O5S. The summed E-state index contributed by atoms with van der Waals surface area (Å²) in [5, 5.41) is 3.00. The maximum atomic E-state index is 13.5. The Morgan fingerprint density at radius 2 is 1.62 bits per heavy atom. The number of nitrogens with zero attached hydrogens (tertiary/aromatic N) is 2. The molecule has 0 unspecified atom stereocenters. The van der Waals surface area contributed by atoms with Gasteiger partial charge in [-0.3, -0.25) is 13.9 Å². The lowest BCUT2D eigenvalue weighted by atomic mass is 10.1. The van der Waals surface area contributed by atoms with Gasteiger partial charge >= 0.3 is 0 Å². The smallest absolute Gasteiger partial charge is 0.243 e. The van der Waals surface area contributed by atoms with Crippen molar-refractivity contribution in [1.82, 2.24) is 10.2 Å². The van der Waals surface area contributed by atoms with E-state index in [4.69, 9.17) is 4.74 Å². The van der Waals surface area contributed by atoms with Crippen LogP contribution in [0.5, 0.6) is 5.75 Å². The van der Waals surface area contributed by atoms with E-state index in [1.165, 1.54) is 4.31 Å². The van der Waals surface area contributed by atoms with Crippen LogP contribution in [0.4, 0.5) is 5.69 Å². The Labute approximate surface area is 222 Å². The van der Waals surface area contributed by atoms with Crippen molar-refractivity contribution in [3.8, 4) is 5.75 Å². The first kappa shape index (κ1) is 30.2. The highest BCUT2D eigenvalue weighted by atomic mass is 32.2. The Morgan fingerprint density at radius 3 is 2.16 bits per heavy atom. The quantitative estimate of drug-likeness (QED) is 0.369. The standard InChI is InChI=1S/C28H41N3O5S/c1-6-22(4)29-28(33)26(7-2)30(21-23-13-10-9-11-14-23)27(32)15-12-20-31(37(5,34)35)24-16-18-25(19-17-24)36-8-3/h9-11,13-14,16-19,22,26H,6-8,12,15,20-21H2,1-5H3,(H,29,33)/t22-,26-/m0/s1. The first-order valence-electron chi connectivity index (χ1n) is 12.9. The molecular weight excluding hydrogens is 490 g/mol. The van der Waals surface area contributed by atoms with E-state index < -0.39 is 16.1 Å². The summed E-state index contributed by atoms with van der Waals surface area (Å²) in [6, 6.07) is 15.8. The van der Waals surface area contributed by atoms with Crippen LogP contribution in [0.25, 0.3) is 0 Å². The molecule has 0 aliphatic heterocycles. The third kappa shape index (κ3) is 9.39. The molecule has 0 radical (unpaired) electrons. The number of nitrogens with one attached hydrogen (secondary N) is 1. The van der Waals surface area contributed by atoms with E-state index in [9.17, 15) is 18.0 Å². The highest BCUT2D eigenvalue weighted by molar-refractivity contribution is 7.92. The second-order valence-electron chi connectivity index (χ2n) is 9.11. The molecule has 1 N–H and O–H groups in total. The Balaban J connectivity index is 2.18. The predicted molar refractivity (Wildman–Crippen MR) is 148 cm³/mol. The van der Waals surface area contributed by atoms with Crippen LogP contribution >= 0.6 is 0 Å². The monoisotopic (exact) mass is 531 g/mol. The Kier molecular flexibility index (Phi) is 11.9. The second-order valence-corrected chi connectivity index (χ2v) is 11.0. The van der Waals surface area contributed by atoms with Crippen LogP contribution < -0.4 is 14.4 Å². The van der Waals surface area contributed by atoms with Gasteiger partial charge in [-0.2, -0.15) is 0 Å². The average Bonchev–Trinajstić information content (AvgIpc) is 2.87. The molecule has 0 saturated heterocycles. The molecule has 8 nitrogen and oxygen atoms in total. The maximum Gasteiger partial charge on any atom is 0.243 e. The molecule has 0 bridgehead atoms. The molecule has 2 aromatic rings. The molecule has 0 aliphatic rings. The van der Waals surface area contributed by atoms with Crippen molar-refractivity contribution in [2.24, 2.45) is 0 Å². The van der Waals surface area contributed by atoms with E-state index in [0.717, 1.165) is 18.2 Å². The number of anilines is 1. The van der Waals surface area contributed by atoms with Crippen LogP contribution in [0, 0.1) is 0 Å². The molecule has 0 spiro atoms. The number of hydrogen-bond acceptors (Lipinski definition) is 5. The van der Waals surface area contributed by atoms with E-state index >= 15 is 0 Å². The highest BCUT2D eigenvalue weighted by Crippen LogP contribution is 2.23. The van der Waals surface area contributed by atoms with Gasteiger partial charge in [0.1, 0.15) is 11.8 Å². The van der Waals surface area contributed by atoms with Gasteiger partial charge < -0.3 is 15.0 Å². The minimum atomic E-state index is -3.56. The summed E-state index contributed by atoms with van der Waals surface area (Å²) in [6.45, 7) is 8.68. The highest BCUT2D eigenvalue weighted by Gasteiger charge is 2.29. The zero-order chi connectivity index (χ0) is 27.4. The fourth-order valence-corrected chi connectivity index (χ4v) is 4.99. The first-order valence-corrected chi connectivity index (χ1v) is 14.8. The number of rotatable bonds is 15. The number of sulfonamides is 1. The Morgan fingerprint density at radius 1 is 0.973 bits per heavy atom. The number of benzene rings is 2. The molecule has 0 saturated carbocycles. The molecule has 2 rings (SSSR count). The van der Waals surface area contributed by atoms with Crippen molar-refractivity contribution < 1.29 is 22.7 Å². The molecule has 0 heterocycles. The Bertz CT molecular complexity index is 1090. The van der Waals surface area contributed by atoms with Gasteiger partial charge in [0.2, 0.25) is 21.8 Å². The zero-order valence-corrected chi connectivity index (χ0v) is 23.5. The number of carbonyl (C=O) groups excluding carboxylic acids is 2. The SMILES string of the molecule is CCOc1ccc(N(CCCC(=O)N(Cc2ccccc2)[C@@H](CC)C(=O)N[C@@H](C)CC)S(C)(=O)=O)cc1. The molecule has 37 heavy (non-hydrogen) atoms. The van der Waals surface area contributed by atoms with Gasteiger partial charge in [-0.15, -0.1) is 0 Å². The largest absolute Gasteiger partial charge is 0.494 e. The van der Waals surface area contributed by atoms with Gasteiger partial charge in [0.25, 0.3) is 0 Å². The molecule has 2 amide bonds. The van der Waals surface area contributed by atoms with Crippen molar-refractivity contribution in [1.29, 1.82) is 0 Å². The number of hydrogen-bond donors (Lipinski definition) is 1. The number of amides is 2. The van der Waals surface area contributed by atoms with E-state index in [2.05, 4.69) is 5.32 Å². The van der Waals surface area contributed by atoms with Crippen LogP contribution in [-0.2, 0) is 26.2 Å². The van der Waals surface area contributed by atoms with Crippen molar-refractivity contribution in [2.45, 2.75) is 72.0 Å². The van der Waals surface area contributed by atoms with Crippen LogP contribution in [0.1, 0.15) is 58.9 Å². The van der Waals surface area contributed by atoms with Crippen molar-refractivity contribution in [3.05, 3.63) is 60.2 Å². The van der Waals surface area contributed by atoms with Crippen LogP contribution in [0.2, 0.25) is 0 Å². The molecule has 0 aromatic heterocycles. The predicted octanol–water partition coefficient (Wildman–Crippen LogP) is 4.35. The van der Waals surface area contributed by atoms with Crippen molar-refractivity contribution >= 4 is 27.5 Å².